The van der Waals surface area contributed by atoms with Crippen LogP contribution in [0.3, 0.4) is 0 Å². The molecule has 0 saturated carbocycles. The van der Waals surface area contributed by atoms with Gasteiger partial charge in [0.25, 0.3) is 8.48 Å². The van der Waals surface area contributed by atoms with Crippen molar-refractivity contribution < 1.29 is 4.12 Å². The maximum atomic E-state index is 5.98. The minimum Gasteiger partial charge on any atom is -0.447 e. The average molecular weight is 205 g/mol. The Labute approximate surface area is 79.6 Å². The minimum atomic E-state index is -1.59. The van der Waals surface area contributed by atoms with Crippen molar-refractivity contribution in [2.45, 2.75) is 52.5 Å². The maximum Gasteiger partial charge on any atom is 0.252 e. The molecule has 0 spiro atoms. The van der Waals surface area contributed by atoms with Crippen LogP contribution in [0.15, 0.2) is 0 Å². The second kappa shape index (κ2) is 4.04. The SMILES string of the molecule is C[SiH](C)O[Si](C)(C)NC(C)(C)C. The zero-order valence-corrected chi connectivity index (χ0v) is 11.6. The van der Waals surface area contributed by atoms with Crippen molar-refractivity contribution >= 4 is 17.5 Å². The van der Waals surface area contributed by atoms with Crippen LogP contribution >= 0.6 is 0 Å². The van der Waals surface area contributed by atoms with E-state index in [0.29, 0.717) is 0 Å². The van der Waals surface area contributed by atoms with Gasteiger partial charge in [-0.3, -0.25) is 0 Å². The second-order valence-electron chi connectivity index (χ2n) is 5.05. The summed E-state index contributed by atoms with van der Waals surface area (Å²) >= 11 is 0. The van der Waals surface area contributed by atoms with Crippen molar-refractivity contribution in [1.29, 1.82) is 0 Å². The first-order valence-corrected chi connectivity index (χ1v) is 10.3. The molecule has 12 heavy (non-hydrogen) atoms. The molecule has 0 radical (unpaired) electrons. The molecule has 0 fully saturated rings. The van der Waals surface area contributed by atoms with E-state index in [-0.39, 0.29) is 5.54 Å². The summed E-state index contributed by atoms with van der Waals surface area (Å²) in [6.45, 7) is 15.5. The van der Waals surface area contributed by atoms with Crippen LogP contribution in [0, 0.1) is 0 Å². The molecule has 0 aromatic heterocycles. The van der Waals surface area contributed by atoms with Crippen LogP contribution in [-0.2, 0) is 4.12 Å². The molecular weight excluding hydrogens is 182 g/mol. The van der Waals surface area contributed by atoms with E-state index in [1.807, 2.05) is 0 Å². The molecule has 0 saturated heterocycles. The Morgan fingerprint density at radius 1 is 1.17 bits per heavy atom. The predicted molar refractivity (Wildman–Crippen MR) is 60.3 cm³/mol. The predicted octanol–water partition coefficient (Wildman–Crippen LogP) is 2.08. The lowest BCUT2D eigenvalue weighted by atomic mass is 10.1. The third kappa shape index (κ3) is 7.03. The van der Waals surface area contributed by atoms with E-state index in [2.05, 4.69) is 51.9 Å². The summed E-state index contributed by atoms with van der Waals surface area (Å²) in [6, 6.07) is 0. The molecule has 0 bridgehead atoms. The van der Waals surface area contributed by atoms with Gasteiger partial charge in [-0.25, -0.2) is 0 Å². The highest BCUT2D eigenvalue weighted by Crippen LogP contribution is 2.09. The van der Waals surface area contributed by atoms with Gasteiger partial charge in [-0.15, -0.1) is 0 Å². The van der Waals surface area contributed by atoms with Gasteiger partial charge >= 0.3 is 0 Å². The maximum absolute atomic E-state index is 5.98. The number of rotatable bonds is 3. The summed E-state index contributed by atoms with van der Waals surface area (Å²) in [5, 5.41) is 0. The van der Waals surface area contributed by atoms with E-state index in [1.54, 1.807) is 0 Å². The van der Waals surface area contributed by atoms with Crippen LogP contribution in [0.2, 0.25) is 26.2 Å². The zero-order valence-electron chi connectivity index (χ0n) is 9.49. The molecule has 74 valence electrons. The second-order valence-corrected chi connectivity index (χ2v) is 11.4. The first kappa shape index (κ1) is 12.4. The molecule has 0 atom stereocenters. The van der Waals surface area contributed by atoms with Crippen molar-refractivity contribution in [3.05, 3.63) is 0 Å². The van der Waals surface area contributed by atoms with E-state index in [1.165, 1.54) is 0 Å². The van der Waals surface area contributed by atoms with Gasteiger partial charge in [0.1, 0.15) is 0 Å². The lowest BCUT2D eigenvalue weighted by molar-refractivity contribution is 0.451. The van der Waals surface area contributed by atoms with Crippen molar-refractivity contribution in [1.82, 2.24) is 4.98 Å². The van der Waals surface area contributed by atoms with Crippen molar-refractivity contribution in [2.75, 3.05) is 0 Å². The molecule has 0 aliphatic heterocycles. The molecule has 0 heterocycles. The summed E-state index contributed by atoms with van der Waals surface area (Å²) in [5.41, 5.74) is 0.180. The topological polar surface area (TPSA) is 21.3 Å². The Bertz CT molecular complexity index is 140. The third-order valence-electron chi connectivity index (χ3n) is 1.21. The van der Waals surface area contributed by atoms with Crippen molar-refractivity contribution in [2.24, 2.45) is 0 Å². The quantitative estimate of drug-likeness (QED) is 0.712. The molecule has 4 heteroatoms. The highest BCUT2D eigenvalue weighted by atomic mass is 28.4. The van der Waals surface area contributed by atoms with Gasteiger partial charge in [-0.2, -0.15) is 0 Å². The molecule has 0 aliphatic rings. The smallest absolute Gasteiger partial charge is 0.252 e. The fourth-order valence-electron chi connectivity index (χ4n) is 1.52. The van der Waals surface area contributed by atoms with Crippen LogP contribution in [0.25, 0.3) is 0 Å². The van der Waals surface area contributed by atoms with Gasteiger partial charge in [0.2, 0.25) is 0 Å². The Hall–Kier alpha value is 0.354. The van der Waals surface area contributed by atoms with Crippen LogP contribution in [-0.4, -0.2) is 23.1 Å². The van der Waals surface area contributed by atoms with E-state index in [9.17, 15) is 0 Å². The molecular formula is C8H23NOSi2. The highest BCUT2D eigenvalue weighted by Gasteiger charge is 2.28. The van der Waals surface area contributed by atoms with E-state index < -0.39 is 17.5 Å². The molecule has 0 aromatic rings. The van der Waals surface area contributed by atoms with E-state index in [0.717, 1.165) is 0 Å². The van der Waals surface area contributed by atoms with Crippen molar-refractivity contribution in [3.63, 3.8) is 0 Å². The first-order valence-electron chi connectivity index (χ1n) is 4.59. The monoisotopic (exact) mass is 205 g/mol. The van der Waals surface area contributed by atoms with Gasteiger partial charge in [0, 0.05) is 5.54 Å². The van der Waals surface area contributed by atoms with Crippen LogP contribution < -0.4 is 4.98 Å². The van der Waals surface area contributed by atoms with Gasteiger partial charge < -0.3 is 9.10 Å². The van der Waals surface area contributed by atoms with E-state index in [4.69, 9.17) is 4.12 Å². The summed E-state index contributed by atoms with van der Waals surface area (Å²) < 4.78 is 5.98. The van der Waals surface area contributed by atoms with Crippen LogP contribution in [0.4, 0.5) is 0 Å². The largest absolute Gasteiger partial charge is 0.447 e. The molecule has 1 N–H and O–H groups in total. The summed E-state index contributed by atoms with van der Waals surface area (Å²) in [6.07, 6.45) is 0. The summed E-state index contributed by atoms with van der Waals surface area (Å²) in [5.74, 6) is 0. The number of hydrogen-bond acceptors (Lipinski definition) is 2. The number of nitrogens with one attached hydrogen (secondary N) is 1. The summed E-state index contributed by atoms with van der Waals surface area (Å²) in [7, 11) is -2.48. The van der Waals surface area contributed by atoms with Gasteiger partial charge in [0.15, 0.2) is 9.04 Å². The molecule has 0 unspecified atom stereocenters. The Kier molecular flexibility index (Phi) is 4.16. The summed E-state index contributed by atoms with van der Waals surface area (Å²) in [4.78, 5) is 3.58. The van der Waals surface area contributed by atoms with Gasteiger partial charge in [-0.1, -0.05) is 0 Å². The lowest BCUT2D eigenvalue weighted by Crippen LogP contribution is -2.57. The molecule has 0 aliphatic carbocycles. The molecule has 2 nitrogen and oxygen atoms in total. The zero-order chi connectivity index (χ0) is 9.99. The Morgan fingerprint density at radius 2 is 1.58 bits per heavy atom. The number of hydrogen-bond donors (Lipinski definition) is 1. The van der Waals surface area contributed by atoms with Crippen molar-refractivity contribution in [3.8, 4) is 0 Å². The average Bonchev–Trinajstić information content (AvgIpc) is 1.48. The first-order chi connectivity index (χ1) is 5.12. The molecule has 0 amide bonds. The Morgan fingerprint density at radius 3 is 1.83 bits per heavy atom. The molecule has 0 rings (SSSR count). The van der Waals surface area contributed by atoms with Gasteiger partial charge in [0.05, 0.1) is 0 Å². The lowest BCUT2D eigenvalue weighted by Gasteiger charge is -2.34. The standard InChI is InChI=1S/C8H23NOSi2/c1-8(2,3)9-12(6,7)10-11(4)5/h9,11H,1-7H3. The van der Waals surface area contributed by atoms with Crippen LogP contribution in [0.5, 0.6) is 0 Å². The van der Waals surface area contributed by atoms with Crippen LogP contribution in [0.1, 0.15) is 20.8 Å². The third-order valence-corrected chi connectivity index (χ3v) is 6.80. The highest BCUT2D eigenvalue weighted by molar-refractivity contribution is 6.75. The fourth-order valence-corrected chi connectivity index (χ4v) is 8.28. The normalized spacial score (nSPS) is 14.0. The molecule has 0 aromatic carbocycles. The fraction of sp³-hybridized carbons (Fsp3) is 1.00. The Balaban J connectivity index is 4.04. The van der Waals surface area contributed by atoms with Gasteiger partial charge in [-0.05, 0) is 47.0 Å². The van der Waals surface area contributed by atoms with E-state index >= 15 is 0 Å². The minimum absolute atomic E-state index is 0.180.